The third-order valence-corrected chi connectivity index (χ3v) is 4.33. The van der Waals surface area contributed by atoms with Gasteiger partial charge < -0.3 is 0 Å². The maximum atomic E-state index is 12.0. The smallest absolute Gasteiger partial charge is 0.154 e. The highest BCUT2D eigenvalue weighted by Crippen LogP contribution is 2.46. The second-order valence-electron chi connectivity index (χ2n) is 3.71. The van der Waals surface area contributed by atoms with Crippen LogP contribution in [0.2, 0.25) is 0 Å². The summed E-state index contributed by atoms with van der Waals surface area (Å²) in [4.78, 5) is 12.0. The van der Waals surface area contributed by atoms with E-state index in [1.165, 1.54) is 0 Å². The number of rotatable bonds is 3. The molecule has 0 aromatic heterocycles. The van der Waals surface area contributed by atoms with Gasteiger partial charge in [-0.05, 0) is 12.0 Å². The van der Waals surface area contributed by atoms with Gasteiger partial charge in [0.1, 0.15) is 4.75 Å². The number of ketones is 1. The molecule has 2 heteroatoms. The lowest BCUT2D eigenvalue weighted by atomic mass is 9.89. The Kier molecular flexibility index (Phi) is 2.96. The van der Waals surface area contributed by atoms with E-state index >= 15 is 0 Å². The second-order valence-corrected chi connectivity index (χ2v) is 5.10. The van der Waals surface area contributed by atoms with E-state index in [4.69, 9.17) is 0 Å². The minimum atomic E-state index is -0.344. The van der Waals surface area contributed by atoms with Gasteiger partial charge in [0.05, 0.1) is 0 Å². The van der Waals surface area contributed by atoms with Gasteiger partial charge in [-0.3, -0.25) is 4.79 Å². The molecule has 1 aromatic carbocycles. The summed E-state index contributed by atoms with van der Waals surface area (Å²) in [5, 5.41) is 0. The standard InChI is InChI=1S/C13H14OS/c1-2-9-13(12(14)8-10-15-13)11-6-4-3-5-7-11/h2-7H,1,8-10H2. The molecule has 0 aliphatic carbocycles. The SMILES string of the molecule is C=CCC1(c2ccccc2)SCCC1=O. The number of allylic oxidation sites excluding steroid dienone is 1. The number of carbonyl (C=O) groups is 1. The summed E-state index contributed by atoms with van der Waals surface area (Å²) in [6, 6.07) is 10.0. The van der Waals surface area contributed by atoms with Gasteiger partial charge in [0.25, 0.3) is 0 Å². The molecule has 1 heterocycles. The van der Waals surface area contributed by atoms with Crippen molar-refractivity contribution >= 4 is 17.5 Å². The van der Waals surface area contributed by atoms with Gasteiger partial charge in [-0.2, -0.15) is 0 Å². The molecule has 1 nitrogen and oxygen atoms in total. The first-order valence-electron chi connectivity index (χ1n) is 5.13. The van der Waals surface area contributed by atoms with Crippen molar-refractivity contribution in [3.8, 4) is 0 Å². The molecule has 0 spiro atoms. The molecule has 1 aromatic rings. The molecule has 0 amide bonds. The van der Waals surface area contributed by atoms with Gasteiger partial charge in [-0.25, -0.2) is 0 Å². The van der Waals surface area contributed by atoms with Gasteiger partial charge in [-0.15, -0.1) is 18.3 Å². The molecule has 1 saturated heterocycles. The number of hydrogen-bond acceptors (Lipinski definition) is 2. The predicted octanol–water partition coefficient (Wildman–Crippen LogP) is 3.16. The highest BCUT2D eigenvalue weighted by Gasteiger charge is 2.42. The summed E-state index contributed by atoms with van der Waals surface area (Å²) < 4.78 is -0.344. The van der Waals surface area contributed by atoms with Gasteiger partial charge in [0.2, 0.25) is 0 Å². The zero-order valence-corrected chi connectivity index (χ0v) is 9.43. The Morgan fingerprint density at radius 1 is 1.40 bits per heavy atom. The Bertz CT molecular complexity index is 371. The Morgan fingerprint density at radius 3 is 2.67 bits per heavy atom. The van der Waals surface area contributed by atoms with E-state index in [0.29, 0.717) is 12.2 Å². The zero-order valence-electron chi connectivity index (χ0n) is 8.61. The molecule has 78 valence electrons. The average Bonchev–Trinajstić information content (AvgIpc) is 2.63. The molecule has 1 aliphatic rings. The van der Waals surface area contributed by atoms with Crippen LogP contribution in [0.1, 0.15) is 18.4 Å². The lowest BCUT2D eigenvalue weighted by molar-refractivity contribution is -0.120. The van der Waals surface area contributed by atoms with E-state index < -0.39 is 0 Å². The second kappa shape index (κ2) is 4.23. The Balaban J connectivity index is 2.43. The van der Waals surface area contributed by atoms with Gasteiger partial charge in [0.15, 0.2) is 5.78 Å². The highest BCUT2D eigenvalue weighted by atomic mass is 32.2. The Hall–Kier alpha value is -1.02. The summed E-state index contributed by atoms with van der Waals surface area (Å²) in [7, 11) is 0. The molecule has 1 unspecified atom stereocenters. The third kappa shape index (κ3) is 1.74. The fourth-order valence-electron chi connectivity index (χ4n) is 2.05. The van der Waals surface area contributed by atoms with Crippen LogP contribution < -0.4 is 0 Å². The van der Waals surface area contributed by atoms with Crippen LogP contribution in [0.25, 0.3) is 0 Å². The normalized spacial score (nSPS) is 25.5. The summed E-state index contributed by atoms with van der Waals surface area (Å²) in [6.45, 7) is 3.76. The van der Waals surface area contributed by atoms with E-state index in [0.717, 1.165) is 17.7 Å². The molecule has 0 bridgehead atoms. The molecule has 1 fully saturated rings. The number of hydrogen-bond donors (Lipinski definition) is 0. The molecule has 15 heavy (non-hydrogen) atoms. The minimum Gasteiger partial charge on any atom is -0.298 e. The van der Waals surface area contributed by atoms with Crippen LogP contribution in [0.4, 0.5) is 0 Å². The number of carbonyl (C=O) groups excluding carboxylic acids is 1. The molecule has 0 saturated carbocycles. The first kappa shape index (κ1) is 10.5. The van der Waals surface area contributed by atoms with Crippen LogP contribution in [-0.2, 0) is 9.54 Å². The highest BCUT2D eigenvalue weighted by molar-refractivity contribution is 8.01. The molecule has 0 N–H and O–H groups in total. The fourth-order valence-corrected chi connectivity index (χ4v) is 3.48. The largest absolute Gasteiger partial charge is 0.298 e. The van der Waals surface area contributed by atoms with E-state index in [9.17, 15) is 4.79 Å². The molecular formula is C13H14OS. The van der Waals surface area contributed by atoms with Crippen molar-refractivity contribution in [2.75, 3.05) is 5.75 Å². The maximum absolute atomic E-state index is 12.0. The van der Waals surface area contributed by atoms with Crippen molar-refractivity contribution < 1.29 is 4.79 Å². The lowest BCUT2D eigenvalue weighted by Gasteiger charge is -2.25. The first-order chi connectivity index (χ1) is 7.29. The quantitative estimate of drug-likeness (QED) is 0.725. The van der Waals surface area contributed by atoms with Crippen molar-refractivity contribution in [3.05, 3.63) is 48.6 Å². The molecule has 2 rings (SSSR count). The summed E-state index contributed by atoms with van der Waals surface area (Å²) >= 11 is 1.75. The van der Waals surface area contributed by atoms with E-state index in [2.05, 4.69) is 6.58 Å². The number of benzene rings is 1. The van der Waals surface area contributed by atoms with Crippen LogP contribution in [0.5, 0.6) is 0 Å². The van der Waals surface area contributed by atoms with Crippen LogP contribution in [0, 0.1) is 0 Å². The first-order valence-corrected chi connectivity index (χ1v) is 6.12. The summed E-state index contributed by atoms with van der Waals surface area (Å²) in [5.41, 5.74) is 1.12. The molecular weight excluding hydrogens is 204 g/mol. The van der Waals surface area contributed by atoms with Gasteiger partial charge in [0, 0.05) is 12.2 Å². The predicted molar refractivity (Wildman–Crippen MR) is 65.0 cm³/mol. The monoisotopic (exact) mass is 218 g/mol. The van der Waals surface area contributed by atoms with Crippen molar-refractivity contribution in [1.29, 1.82) is 0 Å². The third-order valence-electron chi connectivity index (χ3n) is 2.80. The molecule has 0 radical (unpaired) electrons. The van der Waals surface area contributed by atoms with E-state index in [1.54, 1.807) is 11.8 Å². The summed E-state index contributed by atoms with van der Waals surface area (Å²) in [6.07, 6.45) is 3.27. The van der Waals surface area contributed by atoms with Crippen molar-refractivity contribution in [1.82, 2.24) is 0 Å². The number of thioether (sulfide) groups is 1. The molecule has 1 aliphatic heterocycles. The van der Waals surface area contributed by atoms with Crippen LogP contribution in [0.3, 0.4) is 0 Å². The summed E-state index contributed by atoms with van der Waals surface area (Å²) in [5.74, 6) is 1.28. The van der Waals surface area contributed by atoms with Crippen molar-refractivity contribution in [3.63, 3.8) is 0 Å². The van der Waals surface area contributed by atoms with Crippen LogP contribution in [0.15, 0.2) is 43.0 Å². The van der Waals surface area contributed by atoms with Gasteiger partial charge in [-0.1, -0.05) is 36.4 Å². The Labute approximate surface area is 94.6 Å². The van der Waals surface area contributed by atoms with Crippen LogP contribution in [-0.4, -0.2) is 11.5 Å². The van der Waals surface area contributed by atoms with Crippen molar-refractivity contribution in [2.24, 2.45) is 0 Å². The molecule has 1 atom stereocenters. The Morgan fingerprint density at radius 2 is 2.13 bits per heavy atom. The maximum Gasteiger partial charge on any atom is 0.154 e. The lowest BCUT2D eigenvalue weighted by Crippen LogP contribution is -2.27. The van der Waals surface area contributed by atoms with Gasteiger partial charge >= 0.3 is 0 Å². The fraction of sp³-hybridized carbons (Fsp3) is 0.308. The topological polar surface area (TPSA) is 17.1 Å². The van der Waals surface area contributed by atoms with Crippen LogP contribution >= 0.6 is 11.8 Å². The van der Waals surface area contributed by atoms with E-state index in [-0.39, 0.29) is 4.75 Å². The van der Waals surface area contributed by atoms with E-state index in [1.807, 2.05) is 36.4 Å². The number of Topliss-reactive ketones (excluding diaryl/α,β-unsaturated/α-hetero) is 1. The van der Waals surface area contributed by atoms with Crippen molar-refractivity contribution in [2.45, 2.75) is 17.6 Å². The average molecular weight is 218 g/mol. The zero-order chi connectivity index (χ0) is 10.7. The minimum absolute atomic E-state index is 0.344.